The van der Waals surface area contributed by atoms with Gasteiger partial charge in [-0.1, -0.05) is 43.0 Å². The fourth-order valence-corrected chi connectivity index (χ4v) is 4.08. The summed E-state index contributed by atoms with van der Waals surface area (Å²) in [6, 6.07) is 12.4. The van der Waals surface area contributed by atoms with E-state index in [1.165, 1.54) is 24.4 Å². The first-order valence-electron chi connectivity index (χ1n) is 11.1. The Hall–Kier alpha value is -4.25. The lowest BCUT2D eigenvalue weighted by molar-refractivity contribution is -0.155. The lowest BCUT2D eigenvalue weighted by Gasteiger charge is -2.24. The second kappa shape index (κ2) is 11.2. The topological polar surface area (TPSA) is 147 Å². The van der Waals surface area contributed by atoms with Crippen LogP contribution in [0.5, 0.6) is 11.5 Å². The Bertz CT molecular complexity index is 1400. The highest BCUT2D eigenvalue weighted by molar-refractivity contribution is 7.19. The molecule has 2 aromatic heterocycles. The van der Waals surface area contributed by atoms with E-state index in [2.05, 4.69) is 25.8 Å². The zero-order chi connectivity index (χ0) is 25.9. The average Bonchev–Trinajstić information content (AvgIpc) is 3.26. The summed E-state index contributed by atoms with van der Waals surface area (Å²) in [7, 11) is 0. The number of nitrogens with zero attached hydrogens (tertiary/aromatic N) is 3. The lowest BCUT2D eigenvalue weighted by Crippen LogP contribution is -2.38. The van der Waals surface area contributed by atoms with E-state index in [4.69, 9.17) is 4.74 Å². The number of aromatic nitrogens is 3. The van der Waals surface area contributed by atoms with E-state index in [1.54, 1.807) is 51.1 Å². The second-order valence-electron chi connectivity index (χ2n) is 9.00. The molecule has 0 fully saturated rings. The monoisotopic (exact) mass is 523 g/mol. The van der Waals surface area contributed by atoms with E-state index in [1.807, 2.05) is 0 Å². The molecule has 2 aromatic carbocycles. The summed E-state index contributed by atoms with van der Waals surface area (Å²) < 4.78 is 5.55. The van der Waals surface area contributed by atoms with Crippen LogP contribution in [0.2, 0.25) is 0 Å². The average molecular weight is 524 g/mol. The fourth-order valence-electron chi connectivity index (χ4n) is 3.39. The number of anilines is 2. The minimum atomic E-state index is -0.791. The van der Waals surface area contributed by atoms with Crippen LogP contribution < -0.4 is 10.6 Å². The normalized spacial score (nSPS) is 11.9. The predicted octanol–water partition coefficient (Wildman–Crippen LogP) is 4.75. The predicted molar refractivity (Wildman–Crippen MR) is 143 cm³/mol. The van der Waals surface area contributed by atoms with E-state index in [0.717, 1.165) is 16.9 Å². The molecule has 1 amide bonds. The van der Waals surface area contributed by atoms with Crippen LogP contribution in [0.4, 0.5) is 10.3 Å². The van der Waals surface area contributed by atoms with Crippen LogP contribution in [0.15, 0.2) is 54.7 Å². The molecule has 1 atom stereocenters. The summed E-state index contributed by atoms with van der Waals surface area (Å²) in [4.78, 5) is 29.8. The van der Waals surface area contributed by atoms with Crippen LogP contribution in [-0.4, -0.2) is 48.9 Å². The number of esters is 1. The van der Waals surface area contributed by atoms with E-state index in [9.17, 15) is 19.8 Å². The molecule has 0 bridgehead atoms. The number of ether oxygens (including phenoxy) is 1. The zero-order valence-corrected chi connectivity index (χ0v) is 20.7. The van der Waals surface area contributed by atoms with Gasteiger partial charge in [0.2, 0.25) is 10.3 Å². The smallest absolute Gasteiger partial charge is 0.329 e. The van der Waals surface area contributed by atoms with E-state index in [0.29, 0.717) is 16.0 Å². The highest BCUT2D eigenvalue weighted by atomic mass is 32.1. The third kappa shape index (κ3) is 6.91. The molecule has 4 N–H and O–H groups in total. The molecule has 4 rings (SSSR count). The maximum atomic E-state index is 12.9. The number of rotatable bonds is 7. The number of nitrogens with one attached hydrogen (secondary N) is 2. The van der Waals surface area contributed by atoms with Crippen LogP contribution in [0, 0.1) is 0 Å². The third-order valence-electron chi connectivity index (χ3n) is 5.00. The molecule has 10 nitrogen and oxygen atoms in total. The summed E-state index contributed by atoms with van der Waals surface area (Å²) in [5, 5.41) is 34.9. The molecule has 11 heteroatoms. The quantitative estimate of drug-likeness (QED) is 0.252. The van der Waals surface area contributed by atoms with Crippen molar-refractivity contribution in [2.24, 2.45) is 0 Å². The number of phenolic OH excluding ortho intramolecular Hbond substituents is 2. The second-order valence-corrected chi connectivity index (χ2v) is 9.98. The van der Waals surface area contributed by atoms with Crippen LogP contribution >= 0.6 is 11.3 Å². The van der Waals surface area contributed by atoms with Crippen molar-refractivity contribution in [1.29, 1.82) is 0 Å². The number of hydrogen-bond donors (Lipinski definition) is 4. The SMILES string of the molecule is C.CC(C)(C)OC(=O)[C@H](Cc1ccc(O)cc1)Nc1nnc(NC(=O)c2ccc3cccnc3c2O)s1. The fraction of sp³-hybridized carbons (Fsp3) is 0.269. The molecule has 194 valence electrons. The molecule has 0 spiro atoms. The Balaban J connectivity index is 0.00000380. The van der Waals surface area contributed by atoms with Gasteiger partial charge in [0.15, 0.2) is 5.75 Å². The molecular weight excluding hydrogens is 494 g/mol. The number of amides is 1. The van der Waals surface area contributed by atoms with Crippen molar-refractivity contribution in [3.8, 4) is 11.5 Å². The first-order chi connectivity index (χ1) is 17.1. The van der Waals surface area contributed by atoms with Gasteiger partial charge in [-0.25, -0.2) is 4.79 Å². The van der Waals surface area contributed by atoms with Crippen molar-refractivity contribution in [2.75, 3.05) is 10.6 Å². The molecule has 0 aliphatic rings. The maximum Gasteiger partial charge on any atom is 0.329 e. The Morgan fingerprint density at radius 3 is 2.43 bits per heavy atom. The highest BCUT2D eigenvalue weighted by Crippen LogP contribution is 2.29. The number of aromatic hydroxyl groups is 2. The van der Waals surface area contributed by atoms with Gasteiger partial charge in [0, 0.05) is 18.0 Å². The number of fused-ring (bicyclic) bond motifs is 1. The third-order valence-corrected chi connectivity index (χ3v) is 5.77. The van der Waals surface area contributed by atoms with Gasteiger partial charge in [-0.2, -0.15) is 0 Å². The van der Waals surface area contributed by atoms with Crippen molar-refractivity contribution in [2.45, 2.75) is 46.3 Å². The number of phenols is 2. The van der Waals surface area contributed by atoms with Crippen LogP contribution in [0.1, 0.15) is 44.1 Å². The molecule has 0 unspecified atom stereocenters. The van der Waals surface area contributed by atoms with Crippen LogP contribution in [0.3, 0.4) is 0 Å². The molecule has 2 heterocycles. The van der Waals surface area contributed by atoms with Crippen molar-refractivity contribution >= 4 is 44.4 Å². The molecule has 0 radical (unpaired) electrons. The number of benzene rings is 2. The van der Waals surface area contributed by atoms with Gasteiger partial charge in [0.05, 0.1) is 5.56 Å². The van der Waals surface area contributed by atoms with E-state index in [-0.39, 0.29) is 36.0 Å². The number of carbonyl (C=O) groups is 2. The highest BCUT2D eigenvalue weighted by Gasteiger charge is 2.27. The Morgan fingerprint density at radius 2 is 1.73 bits per heavy atom. The van der Waals surface area contributed by atoms with E-state index < -0.39 is 23.5 Å². The number of hydrogen-bond acceptors (Lipinski definition) is 10. The van der Waals surface area contributed by atoms with Gasteiger partial charge in [0.25, 0.3) is 5.91 Å². The van der Waals surface area contributed by atoms with Gasteiger partial charge in [-0.15, -0.1) is 10.2 Å². The van der Waals surface area contributed by atoms with Crippen LogP contribution in [0.25, 0.3) is 10.9 Å². The summed E-state index contributed by atoms with van der Waals surface area (Å²) >= 11 is 1.03. The van der Waals surface area contributed by atoms with Gasteiger partial charge in [-0.3, -0.25) is 15.1 Å². The Kier molecular flexibility index (Phi) is 8.28. The maximum absolute atomic E-state index is 12.9. The summed E-state index contributed by atoms with van der Waals surface area (Å²) in [5.41, 5.74) is 0.474. The molecule has 0 aliphatic heterocycles. The van der Waals surface area contributed by atoms with Crippen molar-refractivity contribution in [1.82, 2.24) is 15.2 Å². The van der Waals surface area contributed by atoms with Gasteiger partial charge >= 0.3 is 5.97 Å². The van der Waals surface area contributed by atoms with Gasteiger partial charge in [-0.05, 0) is 50.6 Å². The zero-order valence-electron chi connectivity index (χ0n) is 19.8. The molecule has 0 saturated carbocycles. The number of pyridine rings is 1. The summed E-state index contributed by atoms with van der Waals surface area (Å²) in [6.45, 7) is 5.33. The van der Waals surface area contributed by atoms with Gasteiger partial charge < -0.3 is 20.3 Å². The van der Waals surface area contributed by atoms with Gasteiger partial charge in [0.1, 0.15) is 22.9 Å². The van der Waals surface area contributed by atoms with Crippen LogP contribution in [-0.2, 0) is 16.0 Å². The first-order valence-corrected chi connectivity index (χ1v) is 11.9. The summed E-state index contributed by atoms with van der Waals surface area (Å²) in [5.74, 6) is -1.16. The molecule has 4 aromatic rings. The van der Waals surface area contributed by atoms with E-state index >= 15 is 0 Å². The number of carbonyl (C=O) groups excluding carboxylic acids is 2. The Labute approximate surface area is 218 Å². The minimum absolute atomic E-state index is 0. The van der Waals surface area contributed by atoms with Crippen molar-refractivity contribution in [3.63, 3.8) is 0 Å². The molecular formula is C26H29N5O5S. The molecule has 0 aliphatic carbocycles. The standard InChI is InChI=1S/C25H25N5O5S.CH4/c1-25(2,3)35-22(34)18(13-14-6-9-16(31)10-7-14)27-23-29-30-24(36-23)28-21(33)17-11-8-15-5-4-12-26-19(15)20(17)32;/h4-12,18,31-32H,13H2,1-3H3,(H,27,29)(H,28,30,33);1H4/t18-;/m0./s1. The minimum Gasteiger partial charge on any atom is -0.508 e. The van der Waals surface area contributed by atoms with Crippen molar-refractivity contribution in [3.05, 3.63) is 65.9 Å². The Morgan fingerprint density at radius 1 is 1.03 bits per heavy atom. The first kappa shape index (κ1) is 27.3. The molecule has 37 heavy (non-hydrogen) atoms. The molecule has 0 saturated heterocycles. The summed E-state index contributed by atoms with van der Waals surface area (Å²) in [6.07, 6.45) is 1.81. The largest absolute Gasteiger partial charge is 0.508 e. The lowest BCUT2D eigenvalue weighted by atomic mass is 10.1. The van der Waals surface area contributed by atoms with Crippen molar-refractivity contribution < 1.29 is 24.5 Å².